The lowest BCUT2D eigenvalue weighted by Gasteiger charge is -2.21. The third-order valence-corrected chi connectivity index (χ3v) is 4.45. The third-order valence-electron chi connectivity index (χ3n) is 2.63. The lowest BCUT2D eigenvalue weighted by atomic mass is 10.1. The molecule has 0 bridgehead atoms. The Morgan fingerprint density at radius 1 is 1.47 bits per heavy atom. The van der Waals surface area contributed by atoms with E-state index in [1.807, 2.05) is 34.3 Å². The number of rotatable bonds is 5. The summed E-state index contributed by atoms with van der Waals surface area (Å²) in [5.41, 5.74) is -0.0229. The Morgan fingerprint density at radius 3 is 2.95 bits per heavy atom. The van der Waals surface area contributed by atoms with Crippen LogP contribution in [0.25, 0.3) is 6.08 Å². The van der Waals surface area contributed by atoms with Gasteiger partial charge in [-0.05, 0) is 46.8 Å². The number of carbonyl (C=O) groups is 1. The molecule has 1 atom stereocenters. The van der Waals surface area contributed by atoms with Crippen molar-refractivity contribution in [1.82, 2.24) is 5.32 Å². The molecule has 1 unspecified atom stereocenters. The maximum atomic E-state index is 11.7. The third kappa shape index (κ3) is 4.02. The second kappa shape index (κ2) is 6.14. The fraction of sp³-hybridized carbons (Fsp3) is 0.214. The molecule has 19 heavy (non-hydrogen) atoms. The van der Waals surface area contributed by atoms with Gasteiger partial charge in [0.25, 0.3) is 0 Å². The van der Waals surface area contributed by atoms with Crippen LogP contribution in [0, 0.1) is 0 Å². The van der Waals surface area contributed by atoms with E-state index in [1.165, 1.54) is 17.4 Å². The molecule has 0 aliphatic rings. The zero-order chi connectivity index (χ0) is 13.7. The van der Waals surface area contributed by atoms with Crippen LogP contribution >= 0.6 is 22.7 Å². The van der Waals surface area contributed by atoms with Crippen LogP contribution in [0.15, 0.2) is 40.4 Å². The van der Waals surface area contributed by atoms with Crippen molar-refractivity contribution < 1.29 is 9.90 Å². The summed E-state index contributed by atoms with van der Waals surface area (Å²) in [6, 6.07) is 5.68. The summed E-state index contributed by atoms with van der Waals surface area (Å²) in [6.45, 7) is 1.89. The lowest BCUT2D eigenvalue weighted by Crippen LogP contribution is -2.37. The van der Waals surface area contributed by atoms with E-state index in [-0.39, 0.29) is 12.5 Å². The number of aliphatic hydroxyl groups is 1. The standard InChI is InChI=1S/C14H15NO2S2/c1-14(17,12-3-2-7-19-12)10-15-13(16)5-4-11-6-8-18-9-11/h2-9,17H,10H2,1H3,(H,15,16). The number of carbonyl (C=O) groups excluding carboxylic acids is 1. The maximum Gasteiger partial charge on any atom is 0.244 e. The van der Waals surface area contributed by atoms with E-state index in [0.29, 0.717) is 0 Å². The highest BCUT2D eigenvalue weighted by Gasteiger charge is 2.24. The molecule has 0 spiro atoms. The Bertz CT molecular complexity index is 542. The van der Waals surface area contributed by atoms with Gasteiger partial charge in [0.05, 0.1) is 6.54 Å². The summed E-state index contributed by atoms with van der Waals surface area (Å²) in [6.07, 6.45) is 3.23. The summed E-state index contributed by atoms with van der Waals surface area (Å²) in [7, 11) is 0. The lowest BCUT2D eigenvalue weighted by molar-refractivity contribution is -0.117. The number of amides is 1. The van der Waals surface area contributed by atoms with Crippen LogP contribution in [0.4, 0.5) is 0 Å². The molecule has 2 aromatic heterocycles. The van der Waals surface area contributed by atoms with Gasteiger partial charge in [-0.2, -0.15) is 11.3 Å². The van der Waals surface area contributed by atoms with Gasteiger partial charge in [-0.3, -0.25) is 4.79 Å². The Balaban J connectivity index is 1.87. The molecule has 2 rings (SSSR count). The van der Waals surface area contributed by atoms with Gasteiger partial charge in [-0.15, -0.1) is 11.3 Å². The van der Waals surface area contributed by atoms with Crippen molar-refractivity contribution in [1.29, 1.82) is 0 Å². The molecule has 0 fully saturated rings. The fourth-order valence-electron chi connectivity index (χ4n) is 1.53. The average Bonchev–Trinajstić information content (AvgIpc) is 3.06. The Hall–Kier alpha value is -1.43. The van der Waals surface area contributed by atoms with Crippen molar-refractivity contribution in [3.05, 3.63) is 50.9 Å². The molecule has 2 aromatic rings. The van der Waals surface area contributed by atoms with Crippen molar-refractivity contribution >= 4 is 34.7 Å². The number of thiophene rings is 2. The van der Waals surface area contributed by atoms with E-state index in [2.05, 4.69) is 5.32 Å². The highest BCUT2D eigenvalue weighted by Crippen LogP contribution is 2.24. The number of nitrogens with one attached hydrogen (secondary N) is 1. The van der Waals surface area contributed by atoms with Crippen LogP contribution in [-0.2, 0) is 10.4 Å². The van der Waals surface area contributed by atoms with Crippen LogP contribution in [0.5, 0.6) is 0 Å². The predicted molar refractivity (Wildman–Crippen MR) is 80.3 cm³/mol. The molecule has 0 aliphatic carbocycles. The SMILES string of the molecule is CC(O)(CNC(=O)C=Cc1ccsc1)c1cccs1. The molecule has 0 aliphatic heterocycles. The number of hydrogen-bond acceptors (Lipinski definition) is 4. The maximum absolute atomic E-state index is 11.7. The quantitative estimate of drug-likeness (QED) is 0.833. The van der Waals surface area contributed by atoms with E-state index in [9.17, 15) is 9.90 Å². The van der Waals surface area contributed by atoms with Crippen molar-refractivity contribution in [2.75, 3.05) is 6.54 Å². The summed E-state index contributed by atoms with van der Waals surface area (Å²) >= 11 is 3.06. The van der Waals surface area contributed by atoms with Crippen molar-refractivity contribution in [2.24, 2.45) is 0 Å². The molecule has 2 N–H and O–H groups in total. The number of hydrogen-bond donors (Lipinski definition) is 2. The molecule has 5 heteroatoms. The largest absolute Gasteiger partial charge is 0.383 e. The van der Waals surface area contributed by atoms with Crippen molar-refractivity contribution in [3.8, 4) is 0 Å². The first-order chi connectivity index (χ1) is 9.08. The summed E-state index contributed by atoms with van der Waals surface area (Å²) < 4.78 is 0. The van der Waals surface area contributed by atoms with E-state index in [4.69, 9.17) is 0 Å². The van der Waals surface area contributed by atoms with E-state index in [1.54, 1.807) is 24.3 Å². The Morgan fingerprint density at radius 2 is 2.32 bits per heavy atom. The molecule has 2 heterocycles. The highest BCUT2D eigenvalue weighted by molar-refractivity contribution is 7.10. The van der Waals surface area contributed by atoms with Crippen LogP contribution in [0.1, 0.15) is 17.4 Å². The highest BCUT2D eigenvalue weighted by atomic mass is 32.1. The first kappa shape index (κ1) is 14.0. The normalized spacial score (nSPS) is 14.4. The van der Waals surface area contributed by atoms with Gasteiger partial charge >= 0.3 is 0 Å². The predicted octanol–water partition coefficient (Wildman–Crippen LogP) is 2.85. The Labute approximate surface area is 120 Å². The van der Waals surface area contributed by atoms with Crippen LogP contribution in [-0.4, -0.2) is 17.6 Å². The zero-order valence-corrected chi connectivity index (χ0v) is 12.1. The van der Waals surface area contributed by atoms with Gasteiger partial charge in [0.15, 0.2) is 0 Å². The molecule has 100 valence electrons. The molecule has 3 nitrogen and oxygen atoms in total. The van der Waals surface area contributed by atoms with Crippen LogP contribution in [0.2, 0.25) is 0 Å². The fourth-order valence-corrected chi connectivity index (χ4v) is 2.95. The monoisotopic (exact) mass is 293 g/mol. The van der Waals surface area contributed by atoms with E-state index in [0.717, 1.165) is 10.4 Å². The second-order valence-electron chi connectivity index (χ2n) is 4.36. The molecule has 0 aromatic carbocycles. The van der Waals surface area contributed by atoms with Gasteiger partial charge in [-0.1, -0.05) is 6.07 Å². The van der Waals surface area contributed by atoms with Crippen molar-refractivity contribution in [2.45, 2.75) is 12.5 Å². The van der Waals surface area contributed by atoms with Gasteiger partial charge in [0.1, 0.15) is 5.60 Å². The average molecular weight is 293 g/mol. The van der Waals surface area contributed by atoms with Crippen LogP contribution in [0.3, 0.4) is 0 Å². The van der Waals surface area contributed by atoms with Crippen molar-refractivity contribution in [3.63, 3.8) is 0 Å². The second-order valence-corrected chi connectivity index (χ2v) is 6.09. The van der Waals surface area contributed by atoms with Gasteiger partial charge < -0.3 is 10.4 Å². The summed E-state index contributed by atoms with van der Waals surface area (Å²) in [5, 5.41) is 18.8. The minimum Gasteiger partial charge on any atom is -0.383 e. The van der Waals surface area contributed by atoms with E-state index < -0.39 is 5.60 Å². The molecular formula is C14H15NO2S2. The molecule has 0 radical (unpaired) electrons. The minimum absolute atomic E-state index is 0.195. The van der Waals surface area contributed by atoms with Gasteiger partial charge in [0, 0.05) is 11.0 Å². The topological polar surface area (TPSA) is 49.3 Å². The zero-order valence-electron chi connectivity index (χ0n) is 10.5. The summed E-state index contributed by atoms with van der Waals surface area (Å²) in [5.74, 6) is -0.206. The molecule has 0 saturated carbocycles. The minimum atomic E-state index is -1.03. The molecular weight excluding hydrogens is 278 g/mol. The van der Waals surface area contributed by atoms with Crippen LogP contribution < -0.4 is 5.32 Å². The van der Waals surface area contributed by atoms with Gasteiger partial charge in [-0.25, -0.2) is 0 Å². The summed E-state index contributed by atoms with van der Waals surface area (Å²) in [4.78, 5) is 12.5. The first-order valence-corrected chi connectivity index (χ1v) is 7.65. The smallest absolute Gasteiger partial charge is 0.244 e. The first-order valence-electron chi connectivity index (χ1n) is 5.82. The molecule has 0 saturated heterocycles. The Kier molecular flexibility index (Phi) is 4.52. The molecule has 1 amide bonds. The van der Waals surface area contributed by atoms with E-state index >= 15 is 0 Å². The van der Waals surface area contributed by atoms with Gasteiger partial charge in [0.2, 0.25) is 5.91 Å².